The Morgan fingerprint density at radius 3 is 2.00 bits per heavy atom. The molecule has 0 aliphatic carbocycles. The standard InChI is InChI=1S/C26H46B2O/c1-7-9-11-13-16-26(6,17-14-12-10-8-2)28-24(29)19-22-15-18-27-21-23(22)20-25(3,4)5/h15,18,21,28H,7-14,16-17,19-20H2,1-6H3. The van der Waals surface area contributed by atoms with Gasteiger partial charge in [0, 0.05) is 0 Å². The fourth-order valence-corrected chi connectivity index (χ4v) is 4.48. The number of rotatable bonds is 15. The summed E-state index contributed by atoms with van der Waals surface area (Å²) in [5, 5.41) is 0.178. The first-order chi connectivity index (χ1) is 13.7. The second-order valence-corrected chi connectivity index (χ2v) is 10.8. The van der Waals surface area contributed by atoms with Crippen LogP contribution in [0.2, 0.25) is 5.31 Å². The predicted molar refractivity (Wildman–Crippen MR) is 133 cm³/mol. The van der Waals surface area contributed by atoms with E-state index in [0.29, 0.717) is 12.1 Å². The van der Waals surface area contributed by atoms with Crippen LogP contribution >= 0.6 is 0 Å². The van der Waals surface area contributed by atoms with Gasteiger partial charge in [-0.05, 0) is 0 Å². The Bertz CT molecular complexity index is 577. The molecule has 1 heterocycles. The molecule has 0 aliphatic heterocycles. The fraction of sp³-hybridized carbons (Fsp3) is 0.769. The minimum atomic E-state index is 0.178. The summed E-state index contributed by atoms with van der Waals surface area (Å²) in [5.41, 5.74) is 3.26. The second kappa shape index (κ2) is 13.5. The summed E-state index contributed by atoms with van der Waals surface area (Å²) in [6.07, 6.45) is 14.4. The van der Waals surface area contributed by atoms with Crippen molar-refractivity contribution in [3.63, 3.8) is 0 Å². The molecule has 0 aliphatic rings. The zero-order valence-corrected chi connectivity index (χ0v) is 20.4. The van der Waals surface area contributed by atoms with E-state index in [4.69, 9.17) is 0 Å². The van der Waals surface area contributed by atoms with Crippen molar-refractivity contribution in [3.05, 3.63) is 29.1 Å². The van der Waals surface area contributed by atoms with Crippen LogP contribution in [0.25, 0.3) is 0 Å². The summed E-state index contributed by atoms with van der Waals surface area (Å²) < 4.78 is 0. The summed E-state index contributed by atoms with van der Waals surface area (Å²) in [6, 6.07) is 2.17. The van der Waals surface area contributed by atoms with Gasteiger partial charge in [0.1, 0.15) is 0 Å². The molecule has 0 unspecified atom stereocenters. The van der Waals surface area contributed by atoms with Crippen molar-refractivity contribution in [3.8, 4) is 0 Å². The van der Waals surface area contributed by atoms with Crippen LogP contribution in [0.3, 0.4) is 0 Å². The van der Waals surface area contributed by atoms with Crippen LogP contribution in [-0.4, -0.2) is 19.9 Å². The van der Waals surface area contributed by atoms with Gasteiger partial charge in [-0.2, -0.15) is 0 Å². The Hall–Kier alpha value is -0.850. The molecule has 0 amide bonds. The maximum absolute atomic E-state index is 13.1. The molecular formula is C26H46B2O. The Kier molecular flexibility index (Phi) is 12.1. The van der Waals surface area contributed by atoms with Crippen molar-refractivity contribution in [1.82, 2.24) is 0 Å². The van der Waals surface area contributed by atoms with Crippen LogP contribution in [0, 0.1) is 5.41 Å². The first-order valence-electron chi connectivity index (χ1n) is 12.3. The number of carbonyl (C=O) groups excluding carboxylic acids is 1. The number of carbonyl (C=O) groups is 1. The fourth-order valence-electron chi connectivity index (χ4n) is 4.48. The third kappa shape index (κ3) is 11.8. The Labute approximate surface area is 183 Å². The summed E-state index contributed by atoms with van der Waals surface area (Å²) in [4.78, 5) is 13.1. The van der Waals surface area contributed by atoms with Gasteiger partial charge in [0.2, 0.25) is 0 Å². The number of hydrogen-bond acceptors (Lipinski definition) is 1. The number of hydrogen-bond donors (Lipinski definition) is 0. The molecule has 0 radical (unpaired) electrons. The van der Waals surface area contributed by atoms with E-state index in [-0.39, 0.29) is 10.7 Å². The molecule has 0 saturated heterocycles. The molecule has 1 rings (SSSR count). The van der Waals surface area contributed by atoms with Gasteiger partial charge < -0.3 is 0 Å². The first-order valence-corrected chi connectivity index (χ1v) is 12.3. The van der Waals surface area contributed by atoms with Crippen molar-refractivity contribution < 1.29 is 4.79 Å². The van der Waals surface area contributed by atoms with Crippen LogP contribution in [-0.2, 0) is 17.6 Å². The van der Waals surface area contributed by atoms with Gasteiger partial charge in [-0.15, -0.1) is 0 Å². The van der Waals surface area contributed by atoms with Gasteiger partial charge in [0.05, 0.1) is 0 Å². The molecular weight excluding hydrogens is 350 g/mol. The average Bonchev–Trinajstić information content (AvgIpc) is 2.63. The van der Waals surface area contributed by atoms with Crippen molar-refractivity contribution in [2.24, 2.45) is 5.41 Å². The molecule has 0 aromatic carbocycles. The maximum atomic E-state index is 13.1. The van der Waals surface area contributed by atoms with Crippen LogP contribution < -0.4 is 0 Å². The Morgan fingerprint density at radius 1 is 0.897 bits per heavy atom. The van der Waals surface area contributed by atoms with E-state index < -0.39 is 0 Å². The predicted octanol–water partition coefficient (Wildman–Crippen LogP) is 7.24. The van der Waals surface area contributed by atoms with Crippen LogP contribution in [0.4, 0.5) is 0 Å². The van der Waals surface area contributed by atoms with Crippen molar-refractivity contribution in [2.45, 2.75) is 124 Å². The molecule has 0 N–H and O–H groups in total. The van der Waals surface area contributed by atoms with E-state index in [1.807, 2.05) is 0 Å². The average molecular weight is 396 g/mol. The Morgan fingerprint density at radius 2 is 1.48 bits per heavy atom. The van der Waals surface area contributed by atoms with E-state index in [1.165, 1.54) is 75.3 Å². The summed E-state index contributed by atoms with van der Waals surface area (Å²) in [5.74, 6) is 4.30. The zero-order valence-electron chi connectivity index (χ0n) is 20.4. The van der Waals surface area contributed by atoms with E-state index >= 15 is 0 Å². The molecule has 1 aromatic rings. The summed E-state index contributed by atoms with van der Waals surface area (Å²) in [7, 11) is 0.745. The van der Waals surface area contributed by atoms with Crippen molar-refractivity contribution in [2.75, 3.05) is 0 Å². The smallest absolute Gasteiger partial charge is 0.0654 e. The monoisotopic (exact) mass is 396 g/mol. The molecule has 0 fully saturated rings. The van der Waals surface area contributed by atoms with Crippen LogP contribution in [0.1, 0.15) is 117 Å². The first kappa shape index (κ1) is 26.2. The van der Waals surface area contributed by atoms with E-state index in [9.17, 15) is 4.79 Å². The summed E-state index contributed by atoms with van der Waals surface area (Å²) >= 11 is 0. The topological polar surface area (TPSA) is 17.1 Å². The molecule has 0 bridgehead atoms. The van der Waals surface area contributed by atoms with Gasteiger partial charge in [-0.3, -0.25) is 0 Å². The molecule has 3 heteroatoms. The summed E-state index contributed by atoms with van der Waals surface area (Å²) in [6.45, 7) is 15.8. The second-order valence-electron chi connectivity index (χ2n) is 10.8. The van der Waals surface area contributed by atoms with Gasteiger partial charge in [0.25, 0.3) is 0 Å². The Balaban J connectivity index is 2.75. The molecule has 1 aromatic heterocycles. The number of unbranched alkanes of at least 4 members (excludes halogenated alkanes) is 6. The van der Waals surface area contributed by atoms with E-state index in [1.54, 1.807) is 0 Å². The third-order valence-electron chi connectivity index (χ3n) is 6.12. The van der Waals surface area contributed by atoms with Gasteiger partial charge >= 0.3 is 169 Å². The van der Waals surface area contributed by atoms with Gasteiger partial charge in [-0.25, -0.2) is 0 Å². The van der Waals surface area contributed by atoms with Gasteiger partial charge in [0.15, 0.2) is 0 Å². The van der Waals surface area contributed by atoms with Crippen LogP contribution in [0.15, 0.2) is 18.0 Å². The zero-order chi connectivity index (χ0) is 21.8. The quantitative estimate of drug-likeness (QED) is 0.226. The van der Waals surface area contributed by atoms with Crippen LogP contribution in [0.5, 0.6) is 0 Å². The SMILES string of the molecule is CCCCCCC(C)(BC(=O)Cc1ccbcc1CC(C)(C)C)CCCCCC. The minimum absolute atomic E-state index is 0.178. The molecule has 1 nitrogen and oxygen atoms in total. The van der Waals surface area contributed by atoms with Crippen molar-refractivity contribution >= 4 is 19.9 Å². The van der Waals surface area contributed by atoms with Gasteiger partial charge in [-0.1, -0.05) is 13.8 Å². The van der Waals surface area contributed by atoms with E-state index in [2.05, 4.69) is 66.4 Å². The minimum Gasteiger partial charge on any atom is -0.0654 e. The molecule has 0 atom stereocenters. The van der Waals surface area contributed by atoms with E-state index in [0.717, 1.165) is 13.7 Å². The molecule has 29 heavy (non-hydrogen) atoms. The molecule has 162 valence electrons. The molecule has 0 spiro atoms. The molecule has 0 saturated carbocycles. The third-order valence-corrected chi connectivity index (χ3v) is 6.12. The normalized spacial score (nSPS) is 12.1. The van der Waals surface area contributed by atoms with Crippen molar-refractivity contribution in [1.29, 1.82) is 0 Å².